The number of carbonyl (C=O) groups is 1. The van der Waals surface area contributed by atoms with Crippen LogP contribution in [0.5, 0.6) is 0 Å². The van der Waals surface area contributed by atoms with Gasteiger partial charge in [0.1, 0.15) is 5.69 Å². The highest BCUT2D eigenvalue weighted by molar-refractivity contribution is 6.05. The Balaban J connectivity index is 1.69. The number of carbonyl (C=O) groups excluding carboxylic acids is 1. The lowest BCUT2D eigenvalue weighted by molar-refractivity contribution is 0.101. The second kappa shape index (κ2) is 6.72. The molecule has 0 saturated carbocycles. The SMILES string of the molecule is Cc1ccc(NC(=O)c2cc3occc3n2Cc2ccc(F)c(F)c2)cc1. The number of hydrogen-bond donors (Lipinski definition) is 1. The molecule has 2 aromatic heterocycles. The summed E-state index contributed by atoms with van der Waals surface area (Å²) < 4.78 is 33.9. The number of hydrogen-bond acceptors (Lipinski definition) is 2. The summed E-state index contributed by atoms with van der Waals surface area (Å²) in [6.45, 7) is 2.17. The van der Waals surface area contributed by atoms with Crippen LogP contribution in [0.15, 0.2) is 65.3 Å². The molecule has 0 bridgehead atoms. The molecule has 0 aliphatic heterocycles. The highest BCUT2D eigenvalue weighted by atomic mass is 19.2. The normalized spacial score (nSPS) is 11.1. The first-order valence-electron chi connectivity index (χ1n) is 8.40. The van der Waals surface area contributed by atoms with E-state index in [-0.39, 0.29) is 12.5 Å². The Morgan fingerprint density at radius 1 is 1.04 bits per heavy atom. The van der Waals surface area contributed by atoms with Gasteiger partial charge in [-0.05, 0) is 36.8 Å². The fourth-order valence-electron chi connectivity index (χ4n) is 2.99. The molecule has 0 radical (unpaired) electrons. The Morgan fingerprint density at radius 2 is 1.81 bits per heavy atom. The molecule has 0 fully saturated rings. The summed E-state index contributed by atoms with van der Waals surface area (Å²) in [7, 11) is 0. The van der Waals surface area contributed by atoms with E-state index >= 15 is 0 Å². The minimum absolute atomic E-state index is 0.205. The molecule has 0 saturated heterocycles. The molecular weight excluding hydrogens is 350 g/mol. The van der Waals surface area contributed by atoms with Gasteiger partial charge in [-0.25, -0.2) is 8.78 Å². The van der Waals surface area contributed by atoms with Gasteiger partial charge in [-0.1, -0.05) is 23.8 Å². The summed E-state index contributed by atoms with van der Waals surface area (Å²) in [6.07, 6.45) is 1.52. The molecule has 1 N–H and O–H groups in total. The van der Waals surface area contributed by atoms with E-state index in [4.69, 9.17) is 4.42 Å². The standard InChI is InChI=1S/C21H16F2N2O2/c1-13-2-5-15(6-3-13)24-21(26)19-11-20-18(8-9-27-20)25(19)12-14-4-7-16(22)17(23)10-14/h2-11H,12H2,1H3,(H,24,26). The van der Waals surface area contributed by atoms with Crippen LogP contribution in [0.1, 0.15) is 21.6 Å². The number of furan rings is 1. The van der Waals surface area contributed by atoms with Crippen LogP contribution in [0, 0.1) is 18.6 Å². The van der Waals surface area contributed by atoms with Gasteiger partial charge in [0.05, 0.1) is 11.8 Å². The molecular formula is C21H16F2N2O2. The fraction of sp³-hybridized carbons (Fsp3) is 0.0952. The molecule has 0 aliphatic rings. The number of amides is 1. The van der Waals surface area contributed by atoms with Crippen molar-refractivity contribution in [3.05, 3.63) is 89.3 Å². The lowest BCUT2D eigenvalue weighted by Crippen LogP contribution is -2.17. The Hall–Kier alpha value is -3.41. The van der Waals surface area contributed by atoms with Crippen LogP contribution in [0.4, 0.5) is 14.5 Å². The Labute approximate surface area is 154 Å². The van der Waals surface area contributed by atoms with E-state index in [9.17, 15) is 13.6 Å². The average Bonchev–Trinajstić information content (AvgIpc) is 3.23. The zero-order valence-corrected chi connectivity index (χ0v) is 14.5. The van der Waals surface area contributed by atoms with E-state index in [0.29, 0.717) is 28.0 Å². The topological polar surface area (TPSA) is 47.2 Å². The first kappa shape index (κ1) is 17.0. The van der Waals surface area contributed by atoms with Gasteiger partial charge in [-0.2, -0.15) is 0 Å². The third kappa shape index (κ3) is 3.33. The first-order valence-corrected chi connectivity index (χ1v) is 8.40. The molecule has 4 nitrogen and oxygen atoms in total. The van der Waals surface area contributed by atoms with Crippen LogP contribution >= 0.6 is 0 Å². The molecule has 6 heteroatoms. The molecule has 0 aliphatic carbocycles. The van der Waals surface area contributed by atoms with Crippen LogP contribution in [0.3, 0.4) is 0 Å². The molecule has 0 spiro atoms. The molecule has 1 amide bonds. The summed E-state index contributed by atoms with van der Waals surface area (Å²) >= 11 is 0. The zero-order chi connectivity index (χ0) is 19.0. The smallest absolute Gasteiger partial charge is 0.272 e. The molecule has 27 heavy (non-hydrogen) atoms. The zero-order valence-electron chi connectivity index (χ0n) is 14.5. The minimum Gasteiger partial charge on any atom is -0.463 e. The van der Waals surface area contributed by atoms with Crippen LogP contribution in [-0.4, -0.2) is 10.5 Å². The van der Waals surface area contributed by atoms with Crippen LogP contribution in [0.2, 0.25) is 0 Å². The molecule has 2 aromatic carbocycles. The van der Waals surface area contributed by atoms with Crippen molar-refractivity contribution in [2.24, 2.45) is 0 Å². The highest BCUT2D eigenvalue weighted by Crippen LogP contribution is 2.24. The van der Waals surface area contributed by atoms with Crippen molar-refractivity contribution in [3.8, 4) is 0 Å². The Bertz CT molecular complexity index is 1130. The molecule has 136 valence electrons. The summed E-state index contributed by atoms with van der Waals surface area (Å²) in [5, 5.41) is 2.85. The number of rotatable bonds is 4. The number of fused-ring (bicyclic) bond motifs is 1. The molecule has 0 atom stereocenters. The maximum atomic E-state index is 13.6. The Kier molecular flexibility index (Phi) is 4.24. The summed E-state index contributed by atoms with van der Waals surface area (Å²) in [4.78, 5) is 12.8. The number of benzene rings is 2. The van der Waals surface area contributed by atoms with Gasteiger partial charge in [-0.15, -0.1) is 0 Å². The summed E-state index contributed by atoms with van der Waals surface area (Å²) in [6, 6.07) is 14.5. The van der Waals surface area contributed by atoms with E-state index in [0.717, 1.165) is 17.7 Å². The largest absolute Gasteiger partial charge is 0.463 e. The highest BCUT2D eigenvalue weighted by Gasteiger charge is 2.18. The lowest BCUT2D eigenvalue weighted by Gasteiger charge is -2.11. The number of nitrogens with zero attached hydrogens (tertiary/aromatic N) is 1. The van der Waals surface area contributed by atoms with E-state index in [1.54, 1.807) is 16.7 Å². The maximum absolute atomic E-state index is 13.6. The predicted octanol–water partition coefficient (Wildman–Crippen LogP) is 5.12. The monoisotopic (exact) mass is 366 g/mol. The molecule has 4 rings (SSSR count). The number of halogens is 2. The van der Waals surface area contributed by atoms with Crippen molar-refractivity contribution in [1.82, 2.24) is 4.57 Å². The predicted molar refractivity (Wildman–Crippen MR) is 98.8 cm³/mol. The molecule has 0 unspecified atom stereocenters. The van der Waals surface area contributed by atoms with Gasteiger partial charge in [0.2, 0.25) is 0 Å². The lowest BCUT2D eigenvalue weighted by atomic mass is 10.2. The summed E-state index contributed by atoms with van der Waals surface area (Å²) in [5.41, 5.74) is 3.92. The summed E-state index contributed by atoms with van der Waals surface area (Å²) in [5.74, 6) is -2.14. The first-order chi connectivity index (χ1) is 13.0. The third-order valence-electron chi connectivity index (χ3n) is 4.39. The van der Waals surface area contributed by atoms with Crippen molar-refractivity contribution < 1.29 is 18.0 Å². The number of nitrogens with one attached hydrogen (secondary N) is 1. The van der Waals surface area contributed by atoms with Gasteiger partial charge in [0, 0.05) is 24.4 Å². The average molecular weight is 366 g/mol. The third-order valence-corrected chi connectivity index (χ3v) is 4.39. The van der Waals surface area contributed by atoms with E-state index in [1.807, 2.05) is 31.2 Å². The van der Waals surface area contributed by atoms with Crippen molar-refractivity contribution in [2.75, 3.05) is 5.32 Å². The quantitative estimate of drug-likeness (QED) is 0.545. The minimum atomic E-state index is -0.922. The van der Waals surface area contributed by atoms with Crippen LogP contribution < -0.4 is 5.32 Å². The fourth-order valence-corrected chi connectivity index (χ4v) is 2.99. The van der Waals surface area contributed by atoms with Crippen molar-refractivity contribution in [3.63, 3.8) is 0 Å². The van der Waals surface area contributed by atoms with Crippen LogP contribution in [-0.2, 0) is 6.54 Å². The van der Waals surface area contributed by atoms with Crippen molar-refractivity contribution in [2.45, 2.75) is 13.5 Å². The van der Waals surface area contributed by atoms with E-state index in [2.05, 4.69) is 5.32 Å². The molecule has 4 aromatic rings. The van der Waals surface area contributed by atoms with Gasteiger partial charge < -0.3 is 14.3 Å². The van der Waals surface area contributed by atoms with E-state index in [1.165, 1.54) is 12.3 Å². The van der Waals surface area contributed by atoms with Gasteiger partial charge >= 0.3 is 0 Å². The second-order valence-electron chi connectivity index (χ2n) is 6.35. The van der Waals surface area contributed by atoms with Crippen LogP contribution in [0.25, 0.3) is 11.1 Å². The second-order valence-corrected chi connectivity index (χ2v) is 6.35. The van der Waals surface area contributed by atoms with E-state index < -0.39 is 11.6 Å². The van der Waals surface area contributed by atoms with Crippen molar-refractivity contribution in [1.29, 1.82) is 0 Å². The van der Waals surface area contributed by atoms with Gasteiger partial charge in [-0.3, -0.25) is 4.79 Å². The van der Waals surface area contributed by atoms with Gasteiger partial charge in [0.15, 0.2) is 17.2 Å². The van der Waals surface area contributed by atoms with Crippen molar-refractivity contribution >= 4 is 22.7 Å². The number of aromatic nitrogens is 1. The number of aryl methyl sites for hydroxylation is 1. The Morgan fingerprint density at radius 3 is 2.56 bits per heavy atom. The number of anilines is 1. The molecule has 2 heterocycles. The maximum Gasteiger partial charge on any atom is 0.272 e. The van der Waals surface area contributed by atoms with Gasteiger partial charge in [0.25, 0.3) is 5.91 Å².